The van der Waals surface area contributed by atoms with Crippen molar-refractivity contribution in [3.8, 4) is 11.8 Å². The Labute approximate surface area is 130 Å². The van der Waals surface area contributed by atoms with Gasteiger partial charge in [-0.1, -0.05) is 31.9 Å². The van der Waals surface area contributed by atoms with Crippen LogP contribution in [-0.2, 0) is 15.6 Å². The minimum atomic E-state index is -3.36. The van der Waals surface area contributed by atoms with Gasteiger partial charge in [0.05, 0.1) is 4.90 Å². The van der Waals surface area contributed by atoms with E-state index < -0.39 is 9.84 Å². The minimum absolute atomic E-state index is 0.0793. The van der Waals surface area contributed by atoms with Crippen LogP contribution in [0.2, 0.25) is 0 Å². The molecule has 0 N–H and O–H groups in total. The molecule has 21 heavy (non-hydrogen) atoms. The normalized spacial score (nSPS) is 11.2. The first kappa shape index (κ1) is 15.7. The summed E-state index contributed by atoms with van der Waals surface area (Å²) >= 11 is 1.33. The topological polar surface area (TPSA) is 47.0 Å². The van der Waals surface area contributed by atoms with Crippen LogP contribution >= 0.6 is 11.3 Å². The Morgan fingerprint density at radius 1 is 1.24 bits per heavy atom. The van der Waals surface area contributed by atoms with Crippen LogP contribution in [0, 0.1) is 11.8 Å². The van der Waals surface area contributed by atoms with E-state index in [2.05, 4.69) is 30.7 Å². The average molecular weight is 319 g/mol. The van der Waals surface area contributed by atoms with Gasteiger partial charge in [-0.15, -0.1) is 11.3 Å². The van der Waals surface area contributed by atoms with E-state index in [4.69, 9.17) is 0 Å². The van der Waals surface area contributed by atoms with Gasteiger partial charge in [0, 0.05) is 5.38 Å². The van der Waals surface area contributed by atoms with E-state index in [1.165, 1.54) is 11.3 Å². The van der Waals surface area contributed by atoms with Gasteiger partial charge >= 0.3 is 0 Å². The van der Waals surface area contributed by atoms with E-state index >= 15 is 0 Å². The molecule has 0 spiro atoms. The van der Waals surface area contributed by atoms with Crippen molar-refractivity contribution in [2.45, 2.75) is 37.3 Å². The van der Waals surface area contributed by atoms with Crippen LogP contribution in [0.4, 0.5) is 0 Å². The highest BCUT2D eigenvalue weighted by molar-refractivity contribution is 7.90. The van der Waals surface area contributed by atoms with E-state index in [0.717, 1.165) is 5.56 Å². The zero-order valence-corrected chi connectivity index (χ0v) is 13.9. The summed E-state index contributed by atoms with van der Waals surface area (Å²) in [6, 6.07) is 7.08. The number of thiazole rings is 1. The standard InChI is InChI=1S/C16H17NO2S2/c1-4-5-14-10-20-16(17-14)11-21(18,19)15-8-6-13(7-9-15)12(2)3/h6-10,12H,11H2,1-3H3. The van der Waals surface area contributed by atoms with Crippen LogP contribution in [0.15, 0.2) is 34.5 Å². The van der Waals surface area contributed by atoms with Crippen molar-refractivity contribution in [2.75, 3.05) is 0 Å². The lowest BCUT2D eigenvalue weighted by molar-refractivity contribution is 0.595. The number of benzene rings is 1. The molecule has 0 bridgehead atoms. The van der Waals surface area contributed by atoms with Crippen LogP contribution < -0.4 is 0 Å². The van der Waals surface area contributed by atoms with Crippen molar-refractivity contribution >= 4 is 21.2 Å². The van der Waals surface area contributed by atoms with Gasteiger partial charge in [0.2, 0.25) is 0 Å². The van der Waals surface area contributed by atoms with Gasteiger partial charge in [-0.3, -0.25) is 0 Å². The Kier molecular flexibility index (Phi) is 4.81. The van der Waals surface area contributed by atoms with Crippen LogP contribution in [0.5, 0.6) is 0 Å². The van der Waals surface area contributed by atoms with Crippen LogP contribution in [-0.4, -0.2) is 13.4 Å². The first-order valence-corrected chi connectivity index (χ1v) is 9.15. The largest absolute Gasteiger partial charge is 0.232 e. The summed E-state index contributed by atoms with van der Waals surface area (Å²) in [6.07, 6.45) is 0. The molecule has 0 unspecified atom stereocenters. The third kappa shape index (κ3) is 3.93. The van der Waals surface area contributed by atoms with Crippen LogP contribution in [0.3, 0.4) is 0 Å². The second-order valence-corrected chi connectivity index (χ2v) is 7.92. The summed E-state index contributed by atoms with van der Waals surface area (Å²) in [4.78, 5) is 4.56. The molecule has 0 aliphatic carbocycles. The highest BCUT2D eigenvalue weighted by Gasteiger charge is 2.17. The number of hydrogen-bond donors (Lipinski definition) is 0. The predicted molar refractivity (Wildman–Crippen MR) is 86.1 cm³/mol. The van der Waals surface area contributed by atoms with E-state index in [-0.39, 0.29) is 5.75 Å². The quantitative estimate of drug-likeness (QED) is 0.809. The maximum Gasteiger partial charge on any atom is 0.184 e. The van der Waals surface area contributed by atoms with Crippen LogP contribution in [0.25, 0.3) is 0 Å². The fourth-order valence-electron chi connectivity index (χ4n) is 1.87. The van der Waals surface area contributed by atoms with Gasteiger partial charge < -0.3 is 0 Å². The molecular formula is C16H17NO2S2. The molecule has 1 aromatic carbocycles. The molecule has 0 amide bonds. The maximum absolute atomic E-state index is 12.4. The molecular weight excluding hydrogens is 302 g/mol. The van der Waals surface area contributed by atoms with Gasteiger partial charge in [0.15, 0.2) is 9.84 Å². The van der Waals surface area contributed by atoms with Crippen molar-refractivity contribution in [1.29, 1.82) is 0 Å². The second-order valence-electron chi connectivity index (χ2n) is 4.98. The Morgan fingerprint density at radius 2 is 1.90 bits per heavy atom. The predicted octanol–water partition coefficient (Wildman–Crippen LogP) is 3.61. The molecule has 0 atom stereocenters. The number of rotatable bonds is 4. The Balaban J connectivity index is 2.22. The van der Waals surface area contributed by atoms with Gasteiger partial charge in [0.25, 0.3) is 0 Å². The maximum atomic E-state index is 12.4. The fraction of sp³-hybridized carbons (Fsp3) is 0.312. The fourth-order valence-corrected chi connectivity index (χ4v) is 4.22. The zero-order chi connectivity index (χ0) is 15.5. The summed E-state index contributed by atoms with van der Waals surface area (Å²) < 4.78 is 24.8. The molecule has 110 valence electrons. The SMILES string of the molecule is CC#Cc1csc(CS(=O)(=O)c2ccc(C(C)C)cc2)n1. The molecule has 1 heterocycles. The summed E-state index contributed by atoms with van der Waals surface area (Å²) in [6.45, 7) is 5.89. The molecule has 1 aromatic heterocycles. The molecule has 0 fully saturated rings. The highest BCUT2D eigenvalue weighted by atomic mass is 32.2. The lowest BCUT2D eigenvalue weighted by Crippen LogP contribution is -2.05. The van der Waals surface area contributed by atoms with Crippen LogP contribution in [0.1, 0.15) is 43.0 Å². The lowest BCUT2D eigenvalue weighted by atomic mass is 10.0. The Bertz CT molecular complexity index is 776. The summed E-state index contributed by atoms with van der Waals surface area (Å²) in [5, 5.41) is 2.35. The highest BCUT2D eigenvalue weighted by Crippen LogP contribution is 2.21. The molecule has 0 saturated heterocycles. The molecule has 2 aromatic rings. The van der Waals surface area contributed by atoms with E-state index in [9.17, 15) is 8.42 Å². The third-order valence-corrected chi connectivity index (χ3v) is 5.70. The summed E-state index contributed by atoms with van der Waals surface area (Å²) in [5.74, 6) is 5.89. The van der Waals surface area contributed by atoms with Crippen molar-refractivity contribution in [3.63, 3.8) is 0 Å². The van der Waals surface area contributed by atoms with Crippen molar-refractivity contribution < 1.29 is 8.42 Å². The van der Waals surface area contributed by atoms with Gasteiger partial charge in [0.1, 0.15) is 16.5 Å². The second kappa shape index (κ2) is 6.42. The number of nitrogens with zero attached hydrogens (tertiary/aromatic N) is 1. The van der Waals surface area contributed by atoms with Crippen molar-refractivity contribution in [3.05, 3.63) is 45.9 Å². The average Bonchev–Trinajstić information content (AvgIpc) is 2.86. The smallest absolute Gasteiger partial charge is 0.184 e. The molecule has 3 nitrogen and oxygen atoms in total. The lowest BCUT2D eigenvalue weighted by Gasteiger charge is -2.07. The minimum Gasteiger partial charge on any atom is -0.232 e. The van der Waals surface area contributed by atoms with E-state index in [1.54, 1.807) is 24.4 Å². The van der Waals surface area contributed by atoms with E-state index in [1.807, 2.05) is 12.1 Å². The van der Waals surface area contributed by atoms with Gasteiger partial charge in [-0.05, 0) is 36.5 Å². The number of hydrogen-bond acceptors (Lipinski definition) is 4. The first-order chi connectivity index (χ1) is 9.92. The number of aromatic nitrogens is 1. The summed E-state index contributed by atoms with van der Waals surface area (Å²) in [7, 11) is -3.36. The molecule has 0 aliphatic heterocycles. The van der Waals surface area contributed by atoms with Gasteiger partial charge in [-0.25, -0.2) is 13.4 Å². The molecule has 5 heteroatoms. The molecule has 0 saturated carbocycles. The Hall–Kier alpha value is -1.64. The van der Waals surface area contributed by atoms with Crippen molar-refractivity contribution in [2.24, 2.45) is 0 Å². The molecule has 0 aliphatic rings. The zero-order valence-electron chi connectivity index (χ0n) is 12.3. The number of sulfone groups is 1. The molecule has 2 rings (SSSR count). The monoisotopic (exact) mass is 319 g/mol. The molecule has 0 radical (unpaired) electrons. The van der Waals surface area contributed by atoms with Crippen molar-refractivity contribution in [1.82, 2.24) is 4.98 Å². The van der Waals surface area contributed by atoms with Gasteiger partial charge in [-0.2, -0.15) is 0 Å². The van der Waals surface area contributed by atoms with E-state index in [0.29, 0.717) is 21.5 Å². The first-order valence-electron chi connectivity index (χ1n) is 6.62. The summed E-state index contributed by atoms with van der Waals surface area (Å²) in [5.41, 5.74) is 1.76. The Morgan fingerprint density at radius 3 is 2.48 bits per heavy atom. The third-order valence-electron chi connectivity index (χ3n) is 3.02.